The van der Waals surface area contributed by atoms with Crippen molar-refractivity contribution < 1.29 is 9.47 Å². The van der Waals surface area contributed by atoms with Gasteiger partial charge in [0.05, 0.1) is 12.7 Å². The molecule has 1 saturated carbocycles. The molecular formula is C13H25NO2. The second-order valence-electron chi connectivity index (χ2n) is 5.07. The minimum absolute atomic E-state index is 0.369. The van der Waals surface area contributed by atoms with Crippen molar-refractivity contribution >= 4 is 0 Å². The second kappa shape index (κ2) is 6.58. The Kier molecular flexibility index (Phi) is 5.07. The monoisotopic (exact) mass is 227 g/mol. The summed E-state index contributed by atoms with van der Waals surface area (Å²) in [5.74, 6) is 0.883. The molecule has 3 nitrogen and oxygen atoms in total. The maximum Gasteiger partial charge on any atom is 0.147 e. The van der Waals surface area contributed by atoms with Gasteiger partial charge in [-0.25, -0.2) is 0 Å². The Bertz CT molecular complexity index is 192. The molecule has 0 amide bonds. The van der Waals surface area contributed by atoms with E-state index < -0.39 is 0 Å². The fraction of sp³-hybridized carbons (Fsp3) is 1.00. The highest BCUT2D eigenvalue weighted by molar-refractivity contribution is 4.81. The van der Waals surface area contributed by atoms with Gasteiger partial charge in [-0.2, -0.15) is 0 Å². The molecule has 1 aliphatic heterocycles. The van der Waals surface area contributed by atoms with Gasteiger partial charge in [0.2, 0.25) is 0 Å². The standard InChI is InChI=1S/C13H25NO2/c1-2-11-5-3-4-6-13(11)14-9-12-7-8-15-10-16-12/h11-14H,2-10H2,1H3. The van der Waals surface area contributed by atoms with E-state index in [0.29, 0.717) is 12.9 Å². The predicted octanol–water partition coefficient (Wildman–Crippen LogP) is 2.31. The fourth-order valence-electron chi connectivity index (χ4n) is 2.91. The van der Waals surface area contributed by atoms with Crippen LogP contribution in [0.5, 0.6) is 0 Å². The minimum atomic E-state index is 0.369. The van der Waals surface area contributed by atoms with Gasteiger partial charge in [0.1, 0.15) is 6.79 Å². The molecule has 2 rings (SSSR count). The number of hydrogen-bond acceptors (Lipinski definition) is 3. The first-order valence-corrected chi connectivity index (χ1v) is 6.83. The third-order valence-electron chi connectivity index (χ3n) is 4.01. The lowest BCUT2D eigenvalue weighted by molar-refractivity contribution is -0.138. The van der Waals surface area contributed by atoms with E-state index in [0.717, 1.165) is 31.5 Å². The Morgan fingerprint density at radius 3 is 2.81 bits per heavy atom. The topological polar surface area (TPSA) is 30.5 Å². The maximum absolute atomic E-state index is 5.55. The van der Waals surface area contributed by atoms with E-state index in [-0.39, 0.29) is 0 Å². The molecule has 94 valence electrons. The second-order valence-corrected chi connectivity index (χ2v) is 5.07. The average molecular weight is 227 g/mol. The first-order chi connectivity index (χ1) is 7.90. The predicted molar refractivity (Wildman–Crippen MR) is 64.3 cm³/mol. The highest BCUT2D eigenvalue weighted by atomic mass is 16.7. The molecule has 1 aliphatic carbocycles. The molecule has 3 heteroatoms. The van der Waals surface area contributed by atoms with Gasteiger partial charge in [0.25, 0.3) is 0 Å². The smallest absolute Gasteiger partial charge is 0.147 e. The van der Waals surface area contributed by atoms with Gasteiger partial charge >= 0.3 is 0 Å². The zero-order valence-electron chi connectivity index (χ0n) is 10.4. The summed E-state index contributed by atoms with van der Waals surface area (Å²) in [6.45, 7) is 4.66. The Labute approximate surface area is 98.9 Å². The van der Waals surface area contributed by atoms with Gasteiger partial charge in [-0.1, -0.05) is 26.2 Å². The quantitative estimate of drug-likeness (QED) is 0.799. The van der Waals surface area contributed by atoms with Crippen LogP contribution in [0.2, 0.25) is 0 Å². The first-order valence-electron chi connectivity index (χ1n) is 6.83. The third kappa shape index (κ3) is 3.44. The summed E-state index contributed by atoms with van der Waals surface area (Å²) < 4.78 is 10.7. The van der Waals surface area contributed by atoms with E-state index in [1.807, 2.05) is 0 Å². The van der Waals surface area contributed by atoms with Crippen molar-refractivity contribution in [1.29, 1.82) is 0 Å². The molecule has 0 aromatic carbocycles. The Morgan fingerprint density at radius 2 is 2.06 bits per heavy atom. The van der Waals surface area contributed by atoms with Crippen LogP contribution in [0.15, 0.2) is 0 Å². The first kappa shape index (κ1) is 12.3. The van der Waals surface area contributed by atoms with Gasteiger partial charge < -0.3 is 14.8 Å². The minimum Gasteiger partial charge on any atom is -0.355 e. The van der Waals surface area contributed by atoms with Crippen molar-refractivity contribution in [2.45, 2.75) is 57.6 Å². The van der Waals surface area contributed by atoms with Crippen LogP contribution in [0, 0.1) is 5.92 Å². The summed E-state index contributed by atoms with van der Waals surface area (Å²) in [7, 11) is 0. The van der Waals surface area contributed by atoms with E-state index in [1.165, 1.54) is 32.1 Å². The van der Waals surface area contributed by atoms with E-state index in [2.05, 4.69) is 12.2 Å². The number of ether oxygens (including phenoxy) is 2. The Balaban J connectivity index is 1.70. The van der Waals surface area contributed by atoms with E-state index in [9.17, 15) is 0 Å². The zero-order valence-corrected chi connectivity index (χ0v) is 10.4. The van der Waals surface area contributed by atoms with E-state index >= 15 is 0 Å². The van der Waals surface area contributed by atoms with Crippen molar-refractivity contribution in [3.8, 4) is 0 Å². The number of rotatable bonds is 4. The van der Waals surface area contributed by atoms with Gasteiger partial charge in [0.15, 0.2) is 0 Å². The summed E-state index contributed by atoms with van der Waals surface area (Å²) in [5, 5.41) is 3.71. The summed E-state index contributed by atoms with van der Waals surface area (Å²) in [6.07, 6.45) is 8.29. The molecule has 3 atom stereocenters. The van der Waals surface area contributed by atoms with Gasteiger partial charge in [-0.05, 0) is 25.2 Å². The number of nitrogens with one attached hydrogen (secondary N) is 1. The van der Waals surface area contributed by atoms with Crippen LogP contribution in [0.4, 0.5) is 0 Å². The summed E-state index contributed by atoms with van der Waals surface area (Å²) in [4.78, 5) is 0. The molecule has 0 bridgehead atoms. The Hall–Kier alpha value is -0.120. The lowest BCUT2D eigenvalue weighted by Gasteiger charge is -2.33. The molecule has 0 aromatic heterocycles. The molecule has 0 aromatic rings. The normalized spacial score (nSPS) is 36.2. The molecule has 0 radical (unpaired) electrons. The van der Waals surface area contributed by atoms with E-state index in [1.54, 1.807) is 0 Å². The van der Waals surface area contributed by atoms with Crippen molar-refractivity contribution in [2.24, 2.45) is 5.92 Å². The van der Waals surface area contributed by atoms with Gasteiger partial charge in [0, 0.05) is 12.6 Å². The highest BCUT2D eigenvalue weighted by Gasteiger charge is 2.24. The van der Waals surface area contributed by atoms with Gasteiger partial charge in [-0.15, -0.1) is 0 Å². The van der Waals surface area contributed by atoms with Crippen molar-refractivity contribution in [3.63, 3.8) is 0 Å². The average Bonchev–Trinajstić information content (AvgIpc) is 2.38. The largest absolute Gasteiger partial charge is 0.355 e. The molecular weight excluding hydrogens is 202 g/mol. The molecule has 1 N–H and O–H groups in total. The van der Waals surface area contributed by atoms with Crippen molar-refractivity contribution in [2.75, 3.05) is 19.9 Å². The summed E-state index contributed by atoms with van der Waals surface area (Å²) in [6, 6.07) is 0.727. The van der Waals surface area contributed by atoms with Crippen LogP contribution in [0.3, 0.4) is 0 Å². The zero-order chi connectivity index (χ0) is 11.2. The molecule has 2 fully saturated rings. The van der Waals surface area contributed by atoms with Crippen LogP contribution in [-0.2, 0) is 9.47 Å². The summed E-state index contributed by atoms with van der Waals surface area (Å²) >= 11 is 0. The molecule has 1 saturated heterocycles. The molecule has 16 heavy (non-hydrogen) atoms. The molecule has 1 heterocycles. The van der Waals surface area contributed by atoms with Gasteiger partial charge in [-0.3, -0.25) is 0 Å². The van der Waals surface area contributed by atoms with Crippen LogP contribution in [-0.4, -0.2) is 32.1 Å². The maximum atomic E-state index is 5.55. The number of hydrogen-bond donors (Lipinski definition) is 1. The lowest BCUT2D eigenvalue weighted by atomic mass is 9.83. The van der Waals surface area contributed by atoms with Crippen LogP contribution in [0.25, 0.3) is 0 Å². The van der Waals surface area contributed by atoms with Crippen LogP contribution in [0.1, 0.15) is 45.4 Å². The SMILES string of the molecule is CCC1CCCCC1NCC1CCOCO1. The van der Waals surface area contributed by atoms with Crippen LogP contribution >= 0.6 is 0 Å². The Morgan fingerprint density at radius 1 is 1.19 bits per heavy atom. The van der Waals surface area contributed by atoms with Crippen LogP contribution < -0.4 is 5.32 Å². The van der Waals surface area contributed by atoms with Crippen molar-refractivity contribution in [3.05, 3.63) is 0 Å². The highest BCUT2D eigenvalue weighted by Crippen LogP contribution is 2.26. The molecule has 0 spiro atoms. The van der Waals surface area contributed by atoms with E-state index in [4.69, 9.17) is 9.47 Å². The fourth-order valence-corrected chi connectivity index (χ4v) is 2.91. The molecule has 2 aliphatic rings. The summed E-state index contributed by atoms with van der Waals surface area (Å²) in [5.41, 5.74) is 0. The molecule has 3 unspecified atom stereocenters. The lowest BCUT2D eigenvalue weighted by Crippen LogP contribution is -2.43. The van der Waals surface area contributed by atoms with Crippen molar-refractivity contribution in [1.82, 2.24) is 5.32 Å². The third-order valence-corrected chi connectivity index (χ3v) is 4.01.